The molecule has 0 aliphatic rings. The van der Waals surface area contributed by atoms with Crippen molar-refractivity contribution in [1.82, 2.24) is 5.32 Å². The number of nitrogens with two attached hydrogens (primary N) is 1. The van der Waals surface area contributed by atoms with Crippen molar-refractivity contribution in [2.24, 2.45) is 11.7 Å². The van der Waals surface area contributed by atoms with Gasteiger partial charge in [0.15, 0.2) is 0 Å². The third kappa shape index (κ3) is 4.82. The summed E-state index contributed by atoms with van der Waals surface area (Å²) < 4.78 is 5.07. The van der Waals surface area contributed by atoms with Gasteiger partial charge < -0.3 is 10.5 Å². The minimum atomic E-state index is -0.828. The molecule has 1 aromatic rings. The van der Waals surface area contributed by atoms with Crippen LogP contribution in [0.4, 0.5) is 4.79 Å². The van der Waals surface area contributed by atoms with Crippen molar-refractivity contribution in [3.05, 3.63) is 24.3 Å². The summed E-state index contributed by atoms with van der Waals surface area (Å²) in [6.45, 7) is 3.84. The minimum absolute atomic E-state index is 0.0754. The number of carbonyl (C=O) groups is 2. The van der Waals surface area contributed by atoms with Gasteiger partial charge in [-0.2, -0.15) is 0 Å². The highest BCUT2D eigenvalue weighted by molar-refractivity contribution is 8.00. The second-order valence-corrected chi connectivity index (χ2v) is 5.53. The van der Waals surface area contributed by atoms with Gasteiger partial charge >= 0.3 is 6.03 Å². The summed E-state index contributed by atoms with van der Waals surface area (Å²) in [7, 11) is 1.60. The van der Waals surface area contributed by atoms with Crippen molar-refractivity contribution >= 4 is 23.7 Å². The maximum absolute atomic E-state index is 11.9. The molecule has 0 fully saturated rings. The molecule has 0 saturated carbocycles. The molecule has 0 aromatic heterocycles. The molecule has 3 amide bonds. The van der Waals surface area contributed by atoms with Crippen molar-refractivity contribution in [1.29, 1.82) is 0 Å². The van der Waals surface area contributed by atoms with Crippen LogP contribution >= 0.6 is 11.8 Å². The lowest BCUT2D eigenvalue weighted by atomic mass is 10.1. The molecule has 0 bridgehead atoms. The van der Waals surface area contributed by atoms with Crippen molar-refractivity contribution in [2.75, 3.05) is 7.11 Å². The fourth-order valence-corrected chi connectivity index (χ4v) is 2.51. The highest BCUT2D eigenvalue weighted by Gasteiger charge is 2.24. The summed E-state index contributed by atoms with van der Waals surface area (Å²) in [4.78, 5) is 23.5. The number of hydrogen-bond donors (Lipinski definition) is 2. The predicted molar refractivity (Wildman–Crippen MR) is 75.2 cm³/mol. The number of hydrogen-bond acceptors (Lipinski definition) is 4. The van der Waals surface area contributed by atoms with Gasteiger partial charge in [0, 0.05) is 4.90 Å². The second kappa shape index (κ2) is 7.04. The van der Waals surface area contributed by atoms with Crippen molar-refractivity contribution in [3.63, 3.8) is 0 Å². The molecule has 0 saturated heterocycles. The summed E-state index contributed by atoms with van der Waals surface area (Å²) in [5.74, 6) is 0.460. The molecule has 3 N–H and O–H groups in total. The van der Waals surface area contributed by atoms with Crippen LogP contribution in [0.2, 0.25) is 0 Å². The maximum Gasteiger partial charge on any atom is 0.318 e. The number of nitrogens with one attached hydrogen (secondary N) is 1. The SMILES string of the molecule is COc1ccc(S[C@@H](C(=O)NC(N)=O)C(C)C)cc1. The van der Waals surface area contributed by atoms with Crippen LogP contribution < -0.4 is 15.8 Å². The number of carbonyl (C=O) groups excluding carboxylic acids is 2. The molecule has 104 valence electrons. The molecule has 5 nitrogen and oxygen atoms in total. The van der Waals surface area contributed by atoms with Crippen LogP contribution in [0.25, 0.3) is 0 Å². The Kier molecular flexibility index (Phi) is 5.69. The number of imide groups is 1. The maximum atomic E-state index is 11.9. The first kappa shape index (κ1) is 15.4. The van der Waals surface area contributed by atoms with Gasteiger partial charge in [-0.1, -0.05) is 13.8 Å². The van der Waals surface area contributed by atoms with Crippen molar-refractivity contribution < 1.29 is 14.3 Å². The fraction of sp³-hybridized carbons (Fsp3) is 0.385. The third-order valence-corrected chi connectivity index (χ3v) is 3.99. The summed E-state index contributed by atoms with van der Waals surface area (Å²) in [5, 5.41) is 1.75. The monoisotopic (exact) mass is 282 g/mol. The summed E-state index contributed by atoms with van der Waals surface area (Å²) in [6, 6.07) is 6.57. The molecule has 1 rings (SSSR count). The van der Waals surface area contributed by atoms with E-state index in [2.05, 4.69) is 5.32 Å². The molecule has 19 heavy (non-hydrogen) atoms. The first-order valence-electron chi connectivity index (χ1n) is 5.85. The number of rotatable bonds is 5. The van der Waals surface area contributed by atoms with Crippen molar-refractivity contribution in [3.8, 4) is 5.75 Å². The topological polar surface area (TPSA) is 81.4 Å². The standard InChI is InChI=1S/C13H18N2O3S/c1-8(2)11(12(16)15-13(14)17)19-10-6-4-9(18-3)5-7-10/h4-8,11H,1-3H3,(H3,14,15,16,17)/t11-/m1/s1. The van der Waals surface area contributed by atoms with Crippen LogP contribution in [0.1, 0.15) is 13.8 Å². The zero-order chi connectivity index (χ0) is 14.4. The average Bonchev–Trinajstić information content (AvgIpc) is 2.35. The molecule has 0 aliphatic carbocycles. The van der Waals surface area contributed by atoms with Crippen LogP contribution in [0.3, 0.4) is 0 Å². The lowest BCUT2D eigenvalue weighted by Gasteiger charge is -2.18. The number of primary amides is 1. The molecule has 0 spiro atoms. The van der Waals surface area contributed by atoms with Crippen LogP contribution in [0, 0.1) is 5.92 Å². The van der Waals surface area contributed by atoms with Crippen LogP contribution in [0.15, 0.2) is 29.2 Å². The van der Waals surface area contributed by atoms with E-state index in [0.717, 1.165) is 10.6 Å². The van der Waals surface area contributed by atoms with E-state index >= 15 is 0 Å². The lowest BCUT2D eigenvalue weighted by molar-refractivity contribution is -0.120. The summed E-state index contributed by atoms with van der Waals surface area (Å²) in [6.07, 6.45) is 0. The average molecular weight is 282 g/mol. The largest absolute Gasteiger partial charge is 0.497 e. The van der Waals surface area contributed by atoms with Crippen LogP contribution in [-0.2, 0) is 4.79 Å². The number of amides is 3. The van der Waals surface area contributed by atoms with Crippen LogP contribution in [0.5, 0.6) is 5.75 Å². The number of urea groups is 1. The molecule has 1 atom stereocenters. The molecule has 0 radical (unpaired) electrons. The van der Waals surface area contributed by atoms with E-state index in [0.29, 0.717) is 0 Å². The lowest BCUT2D eigenvalue weighted by Crippen LogP contribution is -2.42. The van der Waals surface area contributed by atoms with Crippen LogP contribution in [-0.4, -0.2) is 24.3 Å². The van der Waals surface area contributed by atoms with Gasteiger partial charge in [-0.3, -0.25) is 10.1 Å². The molecular formula is C13H18N2O3S. The normalized spacial score (nSPS) is 12.0. The van der Waals surface area contributed by atoms with E-state index in [-0.39, 0.29) is 17.1 Å². The molecule has 0 unspecified atom stereocenters. The van der Waals surface area contributed by atoms with E-state index < -0.39 is 6.03 Å². The van der Waals surface area contributed by atoms with Gasteiger partial charge in [-0.05, 0) is 30.2 Å². The fourth-order valence-electron chi connectivity index (χ4n) is 1.49. The van der Waals surface area contributed by atoms with E-state index in [4.69, 9.17) is 10.5 Å². The number of ether oxygens (including phenoxy) is 1. The summed E-state index contributed by atoms with van der Waals surface area (Å²) >= 11 is 1.39. The number of thioether (sulfide) groups is 1. The zero-order valence-electron chi connectivity index (χ0n) is 11.2. The number of benzene rings is 1. The second-order valence-electron chi connectivity index (χ2n) is 4.31. The Labute approximate surface area is 116 Å². The van der Waals surface area contributed by atoms with Crippen molar-refractivity contribution in [2.45, 2.75) is 24.0 Å². The Morgan fingerprint density at radius 2 is 1.84 bits per heavy atom. The smallest absolute Gasteiger partial charge is 0.318 e. The molecule has 0 heterocycles. The summed E-state index contributed by atoms with van der Waals surface area (Å²) in [5.41, 5.74) is 4.97. The first-order chi connectivity index (χ1) is 8.93. The molecular weight excluding hydrogens is 264 g/mol. The van der Waals surface area contributed by atoms with E-state index in [1.807, 2.05) is 38.1 Å². The number of methoxy groups -OCH3 is 1. The van der Waals surface area contributed by atoms with Gasteiger partial charge in [0.05, 0.1) is 12.4 Å². The van der Waals surface area contributed by atoms with E-state index in [1.54, 1.807) is 7.11 Å². The van der Waals surface area contributed by atoms with Gasteiger partial charge in [-0.25, -0.2) is 4.79 Å². The van der Waals surface area contributed by atoms with Gasteiger partial charge in [0.1, 0.15) is 5.75 Å². The van der Waals surface area contributed by atoms with Gasteiger partial charge in [-0.15, -0.1) is 11.8 Å². The predicted octanol–water partition coefficient (Wildman–Crippen LogP) is 2.01. The molecule has 1 aromatic carbocycles. The minimum Gasteiger partial charge on any atom is -0.497 e. The first-order valence-corrected chi connectivity index (χ1v) is 6.73. The van der Waals surface area contributed by atoms with E-state index in [9.17, 15) is 9.59 Å². The zero-order valence-corrected chi connectivity index (χ0v) is 12.0. The highest BCUT2D eigenvalue weighted by atomic mass is 32.2. The third-order valence-electron chi connectivity index (χ3n) is 2.43. The highest BCUT2D eigenvalue weighted by Crippen LogP contribution is 2.29. The molecule has 6 heteroatoms. The Bertz CT molecular complexity index is 446. The van der Waals surface area contributed by atoms with E-state index in [1.165, 1.54) is 11.8 Å². The Morgan fingerprint density at radius 1 is 1.26 bits per heavy atom. The van der Waals surface area contributed by atoms with Gasteiger partial charge in [0.2, 0.25) is 5.91 Å². The Hall–Kier alpha value is -1.69. The van der Waals surface area contributed by atoms with Gasteiger partial charge in [0.25, 0.3) is 0 Å². The Balaban J connectivity index is 2.77. The Morgan fingerprint density at radius 3 is 2.26 bits per heavy atom. The molecule has 0 aliphatic heterocycles. The quantitative estimate of drug-likeness (QED) is 0.809.